The standard InChI is InChI=1S/C10H15N3OS/c1-6(2)13-5-4-7-8(9(13)14)15-10(11-3)12-7/h6H,4-5H2,1-3H3,(H,11,12). The van der Waals surface area contributed by atoms with E-state index in [2.05, 4.69) is 10.3 Å². The van der Waals surface area contributed by atoms with E-state index in [9.17, 15) is 4.79 Å². The lowest BCUT2D eigenvalue weighted by Gasteiger charge is -2.29. The summed E-state index contributed by atoms with van der Waals surface area (Å²) in [6, 6.07) is 0.269. The van der Waals surface area contributed by atoms with Crippen LogP contribution in [0.25, 0.3) is 0 Å². The first-order chi connectivity index (χ1) is 7.13. The Labute approximate surface area is 93.3 Å². The highest BCUT2D eigenvalue weighted by molar-refractivity contribution is 7.17. The highest BCUT2D eigenvalue weighted by Gasteiger charge is 2.29. The van der Waals surface area contributed by atoms with Gasteiger partial charge in [0.05, 0.1) is 5.69 Å². The van der Waals surface area contributed by atoms with Crippen LogP contribution in [0.1, 0.15) is 29.2 Å². The number of anilines is 1. The lowest BCUT2D eigenvalue weighted by molar-refractivity contribution is 0.0693. The maximum absolute atomic E-state index is 12.1. The smallest absolute Gasteiger partial charge is 0.266 e. The van der Waals surface area contributed by atoms with E-state index in [1.165, 1.54) is 11.3 Å². The second-order valence-electron chi connectivity index (χ2n) is 3.89. The lowest BCUT2D eigenvalue weighted by atomic mass is 10.1. The van der Waals surface area contributed by atoms with Crippen molar-refractivity contribution in [3.8, 4) is 0 Å². The number of nitrogens with one attached hydrogen (secondary N) is 1. The fourth-order valence-electron chi connectivity index (χ4n) is 1.75. The molecule has 0 fully saturated rings. The average Bonchev–Trinajstić information content (AvgIpc) is 2.61. The summed E-state index contributed by atoms with van der Waals surface area (Å²) in [5, 5.41) is 3.82. The zero-order chi connectivity index (χ0) is 11.0. The first-order valence-corrected chi connectivity index (χ1v) is 5.93. The minimum absolute atomic E-state index is 0.130. The molecule has 1 aromatic rings. The molecule has 1 N–H and O–H groups in total. The van der Waals surface area contributed by atoms with Gasteiger partial charge in [0, 0.05) is 26.1 Å². The van der Waals surface area contributed by atoms with Crippen molar-refractivity contribution in [1.82, 2.24) is 9.88 Å². The number of aromatic nitrogens is 1. The van der Waals surface area contributed by atoms with Crippen molar-refractivity contribution < 1.29 is 4.79 Å². The molecule has 2 rings (SSSR count). The Morgan fingerprint density at radius 3 is 2.87 bits per heavy atom. The Balaban J connectivity index is 2.33. The molecular weight excluding hydrogens is 210 g/mol. The molecule has 0 saturated carbocycles. The molecule has 1 amide bonds. The summed E-state index contributed by atoms with van der Waals surface area (Å²) in [5.41, 5.74) is 0.950. The van der Waals surface area contributed by atoms with Crippen LogP contribution in [0.4, 0.5) is 5.13 Å². The number of nitrogens with zero attached hydrogens (tertiary/aromatic N) is 2. The van der Waals surface area contributed by atoms with Crippen molar-refractivity contribution in [3.05, 3.63) is 10.6 Å². The van der Waals surface area contributed by atoms with Gasteiger partial charge in [0.2, 0.25) is 0 Å². The van der Waals surface area contributed by atoms with Gasteiger partial charge in [-0.3, -0.25) is 4.79 Å². The number of fused-ring (bicyclic) bond motifs is 1. The molecule has 5 heteroatoms. The van der Waals surface area contributed by atoms with E-state index >= 15 is 0 Å². The fraction of sp³-hybridized carbons (Fsp3) is 0.600. The van der Waals surface area contributed by atoms with E-state index in [-0.39, 0.29) is 11.9 Å². The quantitative estimate of drug-likeness (QED) is 0.831. The first kappa shape index (κ1) is 10.4. The van der Waals surface area contributed by atoms with Crippen molar-refractivity contribution in [1.29, 1.82) is 0 Å². The molecule has 0 bridgehead atoms. The molecule has 4 nitrogen and oxygen atoms in total. The Morgan fingerprint density at radius 1 is 1.53 bits per heavy atom. The van der Waals surface area contributed by atoms with Crippen molar-refractivity contribution in [2.75, 3.05) is 18.9 Å². The predicted octanol–water partition coefficient (Wildman–Crippen LogP) is 1.59. The van der Waals surface area contributed by atoms with Gasteiger partial charge in [-0.25, -0.2) is 4.98 Å². The van der Waals surface area contributed by atoms with Gasteiger partial charge < -0.3 is 10.2 Å². The third kappa shape index (κ3) is 1.71. The Morgan fingerprint density at radius 2 is 2.27 bits per heavy atom. The highest BCUT2D eigenvalue weighted by atomic mass is 32.1. The van der Waals surface area contributed by atoms with Crippen LogP contribution in [-0.4, -0.2) is 35.4 Å². The molecule has 0 saturated heterocycles. The third-order valence-corrected chi connectivity index (χ3v) is 3.68. The molecule has 0 aliphatic carbocycles. The molecule has 1 aliphatic heterocycles. The summed E-state index contributed by atoms with van der Waals surface area (Å²) >= 11 is 1.45. The van der Waals surface area contributed by atoms with E-state index in [1.54, 1.807) is 0 Å². The number of hydrogen-bond donors (Lipinski definition) is 1. The summed E-state index contributed by atoms with van der Waals surface area (Å²) in [7, 11) is 1.83. The largest absolute Gasteiger partial charge is 0.365 e. The van der Waals surface area contributed by atoms with Gasteiger partial charge in [0.25, 0.3) is 5.91 Å². The molecule has 15 heavy (non-hydrogen) atoms. The number of carbonyl (C=O) groups excluding carboxylic acids is 1. The van der Waals surface area contributed by atoms with Crippen LogP contribution in [0.2, 0.25) is 0 Å². The summed E-state index contributed by atoms with van der Waals surface area (Å²) in [6.45, 7) is 4.88. The molecule has 82 valence electrons. The lowest BCUT2D eigenvalue weighted by Crippen LogP contribution is -2.41. The monoisotopic (exact) mass is 225 g/mol. The highest BCUT2D eigenvalue weighted by Crippen LogP contribution is 2.28. The Kier molecular flexibility index (Phi) is 2.65. The topological polar surface area (TPSA) is 45.2 Å². The Hall–Kier alpha value is -1.10. The van der Waals surface area contributed by atoms with Gasteiger partial charge in [-0.1, -0.05) is 11.3 Å². The summed E-state index contributed by atoms with van der Waals surface area (Å²) in [6.07, 6.45) is 0.872. The van der Waals surface area contributed by atoms with Crippen molar-refractivity contribution in [2.24, 2.45) is 0 Å². The van der Waals surface area contributed by atoms with Crippen LogP contribution >= 0.6 is 11.3 Å². The van der Waals surface area contributed by atoms with Gasteiger partial charge in [-0.05, 0) is 13.8 Å². The van der Waals surface area contributed by atoms with Crippen LogP contribution < -0.4 is 5.32 Å². The van der Waals surface area contributed by atoms with Crippen LogP contribution in [0.3, 0.4) is 0 Å². The molecular formula is C10H15N3OS. The van der Waals surface area contributed by atoms with Gasteiger partial charge in [0.1, 0.15) is 4.88 Å². The zero-order valence-corrected chi connectivity index (χ0v) is 10.0. The molecule has 0 atom stereocenters. The number of rotatable bonds is 2. The predicted molar refractivity (Wildman–Crippen MR) is 61.5 cm³/mol. The van der Waals surface area contributed by atoms with E-state index in [0.29, 0.717) is 0 Å². The zero-order valence-electron chi connectivity index (χ0n) is 9.20. The average molecular weight is 225 g/mol. The van der Waals surface area contributed by atoms with E-state index in [0.717, 1.165) is 28.7 Å². The van der Waals surface area contributed by atoms with Gasteiger partial charge in [0.15, 0.2) is 5.13 Å². The van der Waals surface area contributed by atoms with Crippen LogP contribution in [-0.2, 0) is 6.42 Å². The maximum atomic E-state index is 12.1. The SMILES string of the molecule is CNc1nc2c(s1)C(=O)N(C(C)C)CC2. The van der Waals surface area contributed by atoms with E-state index < -0.39 is 0 Å². The molecule has 0 spiro atoms. The van der Waals surface area contributed by atoms with Crippen LogP contribution in [0.15, 0.2) is 0 Å². The number of amides is 1. The minimum Gasteiger partial charge on any atom is -0.365 e. The first-order valence-electron chi connectivity index (χ1n) is 5.12. The molecule has 0 unspecified atom stereocenters. The van der Waals surface area contributed by atoms with Gasteiger partial charge in [-0.2, -0.15) is 0 Å². The summed E-state index contributed by atoms with van der Waals surface area (Å²) in [5.74, 6) is 0.130. The second kappa shape index (κ2) is 3.81. The maximum Gasteiger partial charge on any atom is 0.266 e. The fourth-order valence-corrected chi connectivity index (χ4v) is 2.67. The van der Waals surface area contributed by atoms with Crippen molar-refractivity contribution in [2.45, 2.75) is 26.3 Å². The number of carbonyl (C=O) groups is 1. The summed E-state index contributed by atoms with van der Waals surface area (Å²) < 4.78 is 0. The van der Waals surface area contributed by atoms with Crippen LogP contribution in [0.5, 0.6) is 0 Å². The van der Waals surface area contributed by atoms with Crippen LogP contribution in [0, 0.1) is 0 Å². The summed E-state index contributed by atoms with van der Waals surface area (Å²) in [4.78, 5) is 19.1. The molecule has 0 radical (unpaired) electrons. The van der Waals surface area contributed by atoms with Gasteiger partial charge >= 0.3 is 0 Å². The minimum atomic E-state index is 0.130. The molecule has 0 aromatic carbocycles. The van der Waals surface area contributed by atoms with E-state index in [4.69, 9.17) is 0 Å². The van der Waals surface area contributed by atoms with Crippen molar-refractivity contribution >= 4 is 22.4 Å². The van der Waals surface area contributed by atoms with Gasteiger partial charge in [-0.15, -0.1) is 0 Å². The van der Waals surface area contributed by atoms with Crippen molar-refractivity contribution in [3.63, 3.8) is 0 Å². The normalized spacial score (nSPS) is 15.7. The molecule has 2 heterocycles. The second-order valence-corrected chi connectivity index (χ2v) is 4.89. The molecule has 1 aromatic heterocycles. The third-order valence-electron chi connectivity index (χ3n) is 2.58. The van der Waals surface area contributed by atoms with E-state index in [1.807, 2.05) is 25.8 Å². The number of hydrogen-bond acceptors (Lipinski definition) is 4. The number of thiazole rings is 1. The molecule has 1 aliphatic rings. The Bertz CT molecular complexity index is 386.